The number of carbonyl (C=O) groups is 1. The van der Waals surface area contributed by atoms with Crippen LogP contribution >= 0.6 is 0 Å². The van der Waals surface area contributed by atoms with Crippen molar-refractivity contribution in [3.05, 3.63) is 23.4 Å². The van der Waals surface area contributed by atoms with Gasteiger partial charge in [0, 0.05) is 49.3 Å². The molecule has 2 fully saturated rings. The summed E-state index contributed by atoms with van der Waals surface area (Å²) in [5.74, 6) is 0.939. The molecule has 4 aliphatic rings. The van der Waals surface area contributed by atoms with Gasteiger partial charge in [0.05, 0.1) is 6.61 Å². The maximum Gasteiger partial charge on any atom is 0.331 e. The van der Waals surface area contributed by atoms with Crippen LogP contribution in [0.4, 0.5) is 0 Å². The summed E-state index contributed by atoms with van der Waals surface area (Å²) in [5, 5.41) is 22.6. The molecule has 5 N–H and O–H groups in total. The maximum absolute atomic E-state index is 12.1. The minimum absolute atomic E-state index is 0.0658. The van der Waals surface area contributed by atoms with Crippen LogP contribution in [0.1, 0.15) is 39.0 Å². The number of aliphatic hydroxyl groups excluding tert-OH is 1. The van der Waals surface area contributed by atoms with E-state index < -0.39 is 5.97 Å². The Hall–Kier alpha value is -1.86. The molecule has 0 radical (unpaired) electrons. The molecule has 160 valence electrons. The lowest BCUT2D eigenvalue weighted by atomic mass is 9.46. The number of guanidine groups is 1. The third-order valence-electron chi connectivity index (χ3n) is 8.50. The second-order valence-corrected chi connectivity index (χ2v) is 9.24. The van der Waals surface area contributed by atoms with Crippen LogP contribution in [0.3, 0.4) is 0 Å². The lowest BCUT2D eigenvalue weighted by Crippen LogP contribution is -2.61. The molecule has 0 saturated heterocycles. The molecule has 1 heterocycles. The first kappa shape index (κ1) is 20.4. The average molecular weight is 403 g/mol. The van der Waals surface area contributed by atoms with Gasteiger partial charge >= 0.3 is 5.97 Å². The predicted molar refractivity (Wildman–Crippen MR) is 112 cm³/mol. The van der Waals surface area contributed by atoms with Crippen molar-refractivity contribution in [3.8, 4) is 0 Å². The largest absolute Gasteiger partial charge is 0.478 e. The lowest BCUT2D eigenvalue weighted by molar-refractivity contribution is -0.132. The molecule has 4 rings (SSSR count). The summed E-state index contributed by atoms with van der Waals surface area (Å²) < 4.78 is 0. The topological polar surface area (TPSA) is 111 Å². The third-order valence-corrected chi connectivity index (χ3v) is 8.50. The monoisotopic (exact) mass is 402 g/mol. The molecule has 7 nitrogen and oxygen atoms in total. The van der Waals surface area contributed by atoms with Crippen molar-refractivity contribution in [2.24, 2.45) is 39.3 Å². The number of aliphatic imine (C=N–C) groups is 1. The van der Waals surface area contributed by atoms with Gasteiger partial charge in [0.2, 0.25) is 0 Å². The van der Waals surface area contributed by atoms with E-state index in [4.69, 9.17) is 5.73 Å². The SMILES string of the molecule is CN=C(N)N1C=CC(CNCCO)C2(C1)C1CCC(C)C23CCC(C(=O)O)=C3C1. The minimum atomic E-state index is -0.737. The second-order valence-electron chi connectivity index (χ2n) is 9.24. The Morgan fingerprint density at radius 2 is 2.24 bits per heavy atom. The number of carboxylic acid groups (broad SMARTS) is 1. The van der Waals surface area contributed by atoms with Gasteiger partial charge in [-0.1, -0.05) is 18.6 Å². The van der Waals surface area contributed by atoms with E-state index in [1.54, 1.807) is 7.05 Å². The number of nitrogens with zero attached hydrogens (tertiary/aromatic N) is 2. The minimum Gasteiger partial charge on any atom is -0.478 e. The Bertz CT molecular complexity index is 776. The van der Waals surface area contributed by atoms with Crippen molar-refractivity contribution in [1.29, 1.82) is 0 Å². The van der Waals surface area contributed by atoms with Gasteiger partial charge in [-0.05, 0) is 49.9 Å². The molecule has 7 heteroatoms. The number of aliphatic hydroxyl groups is 1. The van der Waals surface area contributed by atoms with Gasteiger partial charge in [-0.15, -0.1) is 0 Å². The number of nitrogens with one attached hydrogen (secondary N) is 1. The van der Waals surface area contributed by atoms with Crippen LogP contribution in [0.25, 0.3) is 0 Å². The van der Waals surface area contributed by atoms with Crippen molar-refractivity contribution in [1.82, 2.24) is 10.2 Å². The second kappa shape index (κ2) is 7.43. The Morgan fingerprint density at radius 1 is 1.45 bits per heavy atom. The van der Waals surface area contributed by atoms with Crippen LogP contribution in [0.2, 0.25) is 0 Å². The molecule has 0 aromatic carbocycles. The van der Waals surface area contributed by atoms with Crippen LogP contribution in [0.15, 0.2) is 28.4 Å². The van der Waals surface area contributed by atoms with Crippen molar-refractivity contribution in [2.45, 2.75) is 39.0 Å². The van der Waals surface area contributed by atoms with Crippen molar-refractivity contribution < 1.29 is 15.0 Å². The van der Waals surface area contributed by atoms with E-state index in [1.807, 2.05) is 6.20 Å². The molecule has 5 unspecified atom stereocenters. The fourth-order valence-electron chi connectivity index (χ4n) is 7.41. The number of nitrogens with two attached hydrogens (primary N) is 1. The van der Waals surface area contributed by atoms with Gasteiger partial charge in [0.1, 0.15) is 0 Å². The molecule has 29 heavy (non-hydrogen) atoms. The smallest absolute Gasteiger partial charge is 0.331 e. The van der Waals surface area contributed by atoms with Gasteiger partial charge in [0.25, 0.3) is 0 Å². The number of hydrogen-bond acceptors (Lipinski definition) is 4. The first-order chi connectivity index (χ1) is 13.9. The highest BCUT2D eigenvalue weighted by atomic mass is 16.4. The Kier molecular flexibility index (Phi) is 5.23. The summed E-state index contributed by atoms with van der Waals surface area (Å²) in [6, 6.07) is 0. The molecule has 1 aliphatic heterocycles. The summed E-state index contributed by atoms with van der Waals surface area (Å²) in [6.45, 7) is 4.58. The van der Waals surface area contributed by atoms with Gasteiger partial charge in [-0.3, -0.25) is 4.99 Å². The third kappa shape index (κ3) is 2.70. The summed E-state index contributed by atoms with van der Waals surface area (Å²) >= 11 is 0. The average Bonchev–Trinajstić information content (AvgIpc) is 3.16. The summed E-state index contributed by atoms with van der Waals surface area (Å²) in [6.07, 6.45) is 9.06. The highest BCUT2D eigenvalue weighted by Gasteiger charge is 2.71. The van der Waals surface area contributed by atoms with Crippen molar-refractivity contribution in [3.63, 3.8) is 0 Å². The Balaban J connectivity index is 1.85. The van der Waals surface area contributed by atoms with E-state index in [-0.39, 0.29) is 23.4 Å². The van der Waals surface area contributed by atoms with E-state index in [2.05, 4.69) is 28.2 Å². The molecule has 2 bridgehead atoms. The van der Waals surface area contributed by atoms with E-state index in [1.165, 1.54) is 5.57 Å². The van der Waals surface area contributed by atoms with Crippen LogP contribution in [-0.4, -0.2) is 60.3 Å². The molecule has 2 spiro atoms. The van der Waals surface area contributed by atoms with E-state index >= 15 is 0 Å². The standard InChI is InChI=1S/C22H34N4O3/c1-14-3-4-15-11-18-17(19(28)29)5-7-21(14,18)22(15)13-26(20(23)24-2)9-6-16(22)12-25-8-10-27/h6,9,14-16,25,27H,3-5,7-8,10-13H2,1-2H3,(H2,23,24)(H,28,29). The lowest BCUT2D eigenvalue weighted by Gasteiger charge is -2.60. The molecule has 5 atom stereocenters. The van der Waals surface area contributed by atoms with Crippen LogP contribution in [0.5, 0.6) is 0 Å². The summed E-state index contributed by atoms with van der Waals surface area (Å²) in [4.78, 5) is 18.3. The fraction of sp³-hybridized carbons (Fsp3) is 0.727. The van der Waals surface area contributed by atoms with Gasteiger partial charge < -0.3 is 26.2 Å². The highest BCUT2D eigenvalue weighted by molar-refractivity contribution is 5.89. The van der Waals surface area contributed by atoms with Crippen LogP contribution in [-0.2, 0) is 4.79 Å². The number of rotatable bonds is 5. The van der Waals surface area contributed by atoms with Crippen molar-refractivity contribution >= 4 is 11.9 Å². The zero-order chi connectivity index (χ0) is 20.8. The molecule has 0 aromatic heterocycles. The number of aliphatic carboxylic acids is 1. The van der Waals surface area contributed by atoms with Crippen molar-refractivity contribution in [2.75, 3.05) is 33.3 Å². The quantitative estimate of drug-likeness (QED) is 0.315. The molecular formula is C22H34N4O3. The zero-order valence-corrected chi connectivity index (χ0v) is 17.5. The van der Waals surface area contributed by atoms with E-state index in [0.717, 1.165) is 38.8 Å². The predicted octanol–water partition coefficient (Wildman–Crippen LogP) is 1.56. The molecule has 3 aliphatic carbocycles. The first-order valence-corrected chi connectivity index (χ1v) is 10.9. The number of carboxylic acids is 1. The van der Waals surface area contributed by atoms with Gasteiger partial charge in [0.15, 0.2) is 5.96 Å². The maximum atomic E-state index is 12.1. The highest BCUT2D eigenvalue weighted by Crippen LogP contribution is 2.75. The summed E-state index contributed by atoms with van der Waals surface area (Å²) in [5.41, 5.74) is 7.96. The van der Waals surface area contributed by atoms with Crippen LogP contribution < -0.4 is 11.1 Å². The van der Waals surface area contributed by atoms with Crippen LogP contribution in [0, 0.1) is 28.6 Å². The zero-order valence-electron chi connectivity index (χ0n) is 17.5. The number of allylic oxidation sites excluding steroid dienone is 1. The first-order valence-electron chi connectivity index (χ1n) is 10.9. The van der Waals surface area contributed by atoms with E-state index in [0.29, 0.717) is 36.3 Å². The molecular weight excluding hydrogens is 368 g/mol. The fourth-order valence-corrected chi connectivity index (χ4v) is 7.41. The Morgan fingerprint density at radius 3 is 2.93 bits per heavy atom. The molecule has 2 saturated carbocycles. The van der Waals surface area contributed by atoms with E-state index in [9.17, 15) is 15.0 Å². The Labute approximate surface area is 172 Å². The van der Waals surface area contributed by atoms with Gasteiger partial charge in [-0.25, -0.2) is 4.79 Å². The molecule has 0 amide bonds. The summed E-state index contributed by atoms with van der Waals surface area (Å²) in [7, 11) is 1.71. The number of hydrogen-bond donors (Lipinski definition) is 4. The normalized spacial score (nSPS) is 38.8. The van der Waals surface area contributed by atoms with Gasteiger partial charge in [-0.2, -0.15) is 0 Å². The molecule has 0 aromatic rings.